The Balaban J connectivity index is 2.82. The maximum Gasteiger partial charge on any atom is 0.303 e. The predicted octanol–water partition coefficient (Wildman–Crippen LogP) is 2.89. The molecule has 0 atom stereocenters. The SMILES string of the molecule is CCCCOc1c(CCC(=O)O)cccc1OC. The van der Waals surface area contributed by atoms with E-state index in [1.807, 2.05) is 18.2 Å². The van der Waals surface area contributed by atoms with Crippen molar-refractivity contribution in [1.82, 2.24) is 0 Å². The van der Waals surface area contributed by atoms with Gasteiger partial charge in [-0.15, -0.1) is 0 Å². The molecule has 0 fully saturated rings. The monoisotopic (exact) mass is 252 g/mol. The van der Waals surface area contributed by atoms with Crippen LogP contribution in [-0.4, -0.2) is 24.8 Å². The number of para-hydroxylation sites is 1. The Kier molecular flexibility index (Phi) is 6.05. The van der Waals surface area contributed by atoms with E-state index in [-0.39, 0.29) is 6.42 Å². The van der Waals surface area contributed by atoms with Crippen molar-refractivity contribution in [3.63, 3.8) is 0 Å². The highest BCUT2D eigenvalue weighted by Gasteiger charge is 2.11. The number of aryl methyl sites for hydroxylation is 1. The summed E-state index contributed by atoms with van der Waals surface area (Å²) in [7, 11) is 1.59. The second-order valence-electron chi connectivity index (χ2n) is 4.04. The molecule has 18 heavy (non-hydrogen) atoms. The molecule has 1 aromatic carbocycles. The molecule has 0 aliphatic heterocycles. The van der Waals surface area contributed by atoms with E-state index in [2.05, 4.69) is 6.92 Å². The first-order valence-corrected chi connectivity index (χ1v) is 6.19. The Morgan fingerprint density at radius 1 is 1.39 bits per heavy atom. The van der Waals surface area contributed by atoms with Crippen molar-refractivity contribution in [1.29, 1.82) is 0 Å². The Bertz CT molecular complexity index is 387. The van der Waals surface area contributed by atoms with Gasteiger partial charge in [0.15, 0.2) is 11.5 Å². The Hall–Kier alpha value is -1.71. The number of carboxylic acid groups (broad SMARTS) is 1. The minimum absolute atomic E-state index is 0.0945. The largest absolute Gasteiger partial charge is 0.493 e. The van der Waals surface area contributed by atoms with Crippen LogP contribution in [0.1, 0.15) is 31.7 Å². The zero-order valence-corrected chi connectivity index (χ0v) is 10.9. The van der Waals surface area contributed by atoms with E-state index in [0.29, 0.717) is 24.5 Å². The lowest BCUT2D eigenvalue weighted by molar-refractivity contribution is -0.136. The minimum atomic E-state index is -0.808. The molecule has 4 heteroatoms. The van der Waals surface area contributed by atoms with Crippen molar-refractivity contribution in [2.45, 2.75) is 32.6 Å². The number of unbranched alkanes of at least 4 members (excludes halogenated alkanes) is 1. The van der Waals surface area contributed by atoms with Crippen LogP contribution >= 0.6 is 0 Å². The molecule has 0 aromatic heterocycles. The number of rotatable bonds is 8. The normalized spacial score (nSPS) is 10.1. The molecular formula is C14H20O4. The minimum Gasteiger partial charge on any atom is -0.493 e. The lowest BCUT2D eigenvalue weighted by atomic mass is 10.1. The van der Waals surface area contributed by atoms with Crippen LogP contribution < -0.4 is 9.47 Å². The van der Waals surface area contributed by atoms with Gasteiger partial charge in [-0.2, -0.15) is 0 Å². The first kappa shape index (κ1) is 14.4. The standard InChI is InChI=1S/C14H20O4/c1-3-4-10-18-14-11(8-9-13(15)16)6-5-7-12(14)17-2/h5-7H,3-4,8-10H2,1-2H3,(H,15,16). The van der Waals surface area contributed by atoms with E-state index < -0.39 is 5.97 Å². The van der Waals surface area contributed by atoms with Crippen molar-refractivity contribution in [3.8, 4) is 11.5 Å². The van der Waals surface area contributed by atoms with Crippen molar-refractivity contribution in [2.75, 3.05) is 13.7 Å². The number of carboxylic acids is 1. The smallest absolute Gasteiger partial charge is 0.303 e. The van der Waals surface area contributed by atoms with E-state index in [4.69, 9.17) is 14.6 Å². The number of benzene rings is 1. The van der Waals surface area contributed by atoms with Crippen LogP contribution in [0, 0.1) is 0 Å². The van der Waals surface area contributed by atoms with E-state index >= 15 is 0 Å². The predicted molar refractivity (Wildman–Crippen MR) is 69.4 cm³/mol. The second kappa shape index (κ2) is 7.58. The molecule has 0 spiro atoms. The van der Waals surface area contributed by atoms with E-state index in [1.54, 1.807) is 7.11 Å². The second-order valence-corrected chi connectivity index (χ2v) is 4.04. The van der Waals surface area contributed by atoms with Gasteiger partial charge in [0.05, 0.1) is 13.7 Å². The van der Waals surface area contributed by atoms with Crippen LogP contribution in [-0.2, 0) is 11.2 Å². The van der Waals surface area contributed by atoms with Gasteiger partial charge in [-0.1, -0.05) is 25.5 Å². The van der Waals surface area contributed by atoms with Gasteiger partial charge in [0, 0.05) is 6.42 Å². The average Bonchev–Trinajstić information content (AvgIpc) is 2.37. The molecule has 0 aliphatic carbocycles. The topological polar surface area (TPSA) is 55.8 Å². The van der Waals surface area contributed by atoms with E-state index in [1.165, 1.54) is 0 Å². The molecular weight excluding hydrogens is 232 g/mol. The Labute approximate surface area is 108 Å². The summed E-state index contributed by atoms with van der Waals surface area (Å²) < 4.78 is 11.0. The summed E-state index contributed by atoms with van der Waals surface area (Å²) in [5, 5.41) is 8.73. The molecule has 0 radical (unpaired) electrons. The molecule has 1 N–H and O–H groups in total. The van der Waals surface area contributed by atoms with E-state index in [0.717, 1.165) is 18.4 Å². The summed E-state index contributed by atoms with van der Waals surface area (Å²) in [5.74, 6) is 0.529. The summed E-state index contributed by atoms with van der Waals surface area (Å²) in [6.07, 6.45) is 2.57. The molecule has 0 unspecified atom stereocenters. The van der Waals surface area contributed by atoms with Crippen LogP contribution in [0.5, 0.6) is 11.5 Å². The molecule has 0 aliphatic rings. The number of aliphatic carboxylic acids is 1. The number of carbonyl (C=O) groups is 1. The zero-order chi connectivity index (χ0) is 13.4. The summed E-state index contributed by atoms with van der Waals surface area (Å²) in [4.78, 5) is 10.6. The fraction of sp³-hybridized carbons (Fsp3) is 0.500. The van der Waals surface area contributed by atoms with Gasteiger partial charge in [0.25, 0.3) is 0 Å². The maximum absolute atomic E-state index is 10.6. The van der Waals surface area contributed by atoms with Crippen molar-refractivity contribution in [2.24, 2.45) is 0 Å². The Morgan fingerprint density at radius 3 is 2.78 bits per heavy atom. The third kappa shape index (κ3) is 4.28. The fourth-order valence-electron chi connectivity index (χ4n) is 1.64. The zero-order valence-electron chi connectivity index (χ0n) is 10.9. The van der Waals surface area contributed by atoms with Gasteiger partial charge in [0.1, 0.15) is 0 Å². The van der Waals surface area contributed by atoms with Crippen LogP contribution in [0.3, 0.4) is 0 Å². The molecule has 0 amide bonds. The first-order valence-electron chi connectivity index (χ1n) is 6.19. The Morgan fingerprint density at radius 2 is 2.17 bits per heavy atom. The fourth-order valence-corrected chi connectivity index (χ4v) is 1.64. The highest BCUT2D eigenvalue weighted by atomic mass is 16.5. The van der Waals surface area contributed by atoms with Gasteiger partial charge in [0.2, 0.25) is 0 Å². The molecule has 1 rings (SSSR count). The van der Waals surface area contributed by atoms with Gasteiger partial charge < -0.3 is 14.6 Å². The summed E-state index contributed by atoms with van der Waals surface area (Å²) in [6, 6.07) is 5.56. The first-order chi connectivity index (χ1) is 8.69. The quantitative estimate of drug-likeness (QED) is 0.723. The third-order valence-electron chi connectivity index (χ3n) is 2.63. The third-order valence-corrected chi connectivity index (χ3v) is 2.63. The maximum atomic E-state index is 10.6. The van der Waals surface area contributed by atoms with Gasteiger partial charge in [-0.3, -0.25) is 4.79 Å². The van der Waals surface area contributed by atoms with Crippen LogP contribution in [0.15, 0.2) is 18.2 Å². The van der Waals surface area contributed by atoms with E-state index in [9.17, 15) is 4.79 Å². The highest BCUT2D eigenvalue weighted by Crippen LogP contribution is 2.32. The molecule has 0 saturated carbocycles. The number of hydrogen-bond acceptors (Lipinski definition) is 3. The number of methoxy groups -OCH3 is 1. The summed E-state index contributed by atoms with van der Waals surface area (Å²) >= 11 is 0. The van der Waals surface area contributed by atoms with Crippen LogP contribution in [0.4, 0.5) is 0 Å². The van der Waals surface area contributed by atoms with Crippen molar-refractivity contribution in [3.05, 3.63) is 23.8 Å². The molecule has 100 valence electrons. The molecule has 4 nitrogen and oxygen atoms in total. The van der Waals surface area contributed by atoms with Crippen LogP contribution in [0.25, 0.3) is 0 Å². The molecule has 0 saturated heterocycles. The summed E-state index contributed by atoms with van der Waals surface area (Å²) in [6.45, 7) is 2.72. The van der Waals surface area contributed by atoms with Gasteiger partial charge >= 0.3 is 5.97 Å². The molecule has 0 bridgehead atoms. The van der Waals surface area contributed by atoms with Crippen molar-refractivity contribution < 1.29 is 19.4 Å². The van der Waals surface area contributed by atoms with Crippen molar-refractivity contribution >= 4 is 5.97 Å². The molecule has 0 heterocycles. The molecule has 1 aromatic rings. The average molecular weight is 252 g/mol. The number of ether oxygens (including phenoxy) is 2. The summed E-state index contributed by atoms with van der Waals surface area (Å²) in [5.41, 5.74) is 0.882. The van der Waals surface area contributed by atoms with Gasteiger partial charge in [-0.05, 0) is 24.5 Å². The lowest BCUT2D eigenvalue weighted by Gasteiger charge is -2.14. The highest BCUT2D eigenvalue weighted by molar-refractivity contribution is 5.67. The van der Waals surface area contributed by atoms with Gasteiger partial charge in [-0.25, -0.2) is 0 Å². The number of hydrogen-bond donors (Lipinski definition) is 1. The van der Waals surface area contributed by atoms with Crippen LogP contribution in [0.2, 0.25) is 0 Å². The lowest BCUT2D eigenvalue weighted by Crippen LogP contribution is -2.04.